The Balaban J connectivity index is 0.000000264. The van der Waals surface area contributed by atoms with Crippen LogP contribution in [0, 0.1) is 19.0 Å². The third-order valence-corrected chi connectivity index (χ3v) is 13.3. The van der Waals surface area contributed by atoms with Gasteiger partial charge in [-0.15, -0.1) is 54.1 Å². The van der Waals surface area contributed by atoms with E-state index < -0.39 is 6.85 Å². The van der Waals surface area contributed by atoms with Crippen LogP contribution >= 0.6 is 0 Å². The second-order valence-electron chi connectivity index (χ2n) is 20.9. The van der Waals surface area contributed by atoms with Gasteiger partial charge in [-0.3, -0.25) is 15.0 Å². The number of furan rings is 1. The molecule has 11 aromatic rings. The summed E-state index contributed by atoms with van der Waals surface area (Å²) in [4.78, 5) is 14.0. The van der Waals surface area contributed by atoms with Gasteiger partial charge in [-0.05, 0) is 115 Å². The summed E-state index contributed by atoms with van der Waals surface area (Å²) in [6.07, 6.45) is 1.41. The van der Waals surface area contributed by atoms with Crippen molar-refractivity contribution in [3.63, 3.8) is 0 Å². The summed E-state index contributed by atoms with van der Waals surface area (Å²) in [5, 5.41) is 7.02. The first-order valence-electron chi connectivity index (χ1n) is 25.6. The van der Waals surface area contributed by atoms with Crippen LogP contribution in [0.1, 0.15) is 113 Å². The second-order valence-corrected chi connectivity index (χ2v) is 20.9. The number of nitrogens with zero attached hydrogens (tertiary/aromatic N) is 4. The van der Waals surface area contributed by atoms with Crippen LogP contribution in [0.15, 0.2) is 156 Å². The van der Waals surface area contributed by atoms with Gasteiger partial charge in [-0.25, -0.2) is 0 Å². The first kappa shape index (κ1) is 44.5. The monoisotopic (exact) mass is 1100 g/mol. The minimum absolute atomic E-state index is 0. The van der Waals surface area contributed by atoms with Crippen LogP contribution in [-0.2, 0) is 30.9 Å². The Labute approximate surface area is 430 Å². The number of rotatable bonds is 6. The Morgan fingerprint density at radius 3 is 2.00 bits per heavy atom. The number of fused-ring (bicyclic) bond motifs is 7. The summed E-state index contributed by atoms with van der Waals surface area (Å²) in [5.74, 6) is 1.88. The van der Waals surface area contributed by atoms with E-state index >= 15 is 0 Å². The normalized spacial score (nSPS) is 12.9. The molecular weight excluding hydrogens is 1030 g/mol. The fraction of sp³-hybridized carbons (Fsp3) is 0.234. The van der Waals surface area contributed by atoms with Crippen molar-refractivity contribution in [1.82, 2.24) is 19.5 Å². The van der Waals surface area contributed by atoms with Gasteiger partial charge in [0, 0.05) is 52.6 Å². The summed E-state index contributed by atoms with van der Waals surface area (Å²) < 4.78 is 32.1. The Bertz CT molecular complexity index is 3790. The predicted octanol–water partition coefficient (Wildman–Crippen LogP) is 17.5. The van der Waals surface area contributed by atoms with E-state index in [-0.39, 0.29) is 48.3 Å². The van der Waals surface area contributed by atoms with Crippen molar-refractivity contribution in [3.8, 4) is 39.6 Å². The van der Waals surface area contributed by atoms with Gasteiger partial charge in [0.25, 0.3) is 0 Å². The zero-order chi connectivity index (χ0) is 50.9. The maximum atomic E-state index is 7.61. The molecule has 0 aliphatic rings. The Morgan fingerprint density at radius 2 is 1.31 bits per heavy atom. The van der Waals surface area contributed by atoms with Crippen LogP contribution in [0.2, 0.25) is 0 Å². The third-order valence-electron chi connectivity index (χ3n) is 13.3. The largest absolute Gasteiger partial charge is 0.501 e. The van der Waals surface area contributed by atoms with Crippen molar-refractivity contribution in [1.29, 1.82) is 0 Å². The van der Waals surface area contributed by atoms with E-state index in [0.29, 0.717) is 11.5 Å². The van der Waals surface area contributed by atoms with Crippen molar-refractivity contribution >= 4 is 54.5 Å². The number of benzene rings is 8. The topological polar surface area (TPSA) is 56.7 Å². The van der Waals surface area contributed by atoms with Crippen LogP contribution in [-0.4, -0.2) is 19.5 Å². The zero-order valence-electron chi connectivity index (χ0n) is 44.6. The quantitative estimate of drug-likeness (QED) is 0.123. The molecule has 5 nitrogen and oxygen atoms in total. The average Bonchev–Trinajstić information content (AvgIpc) is 3.93. The van der Waals surface area contributed by atoms with Crippen molar-refractivity contribution in [2.45, 2.75) is 98.8 Å². The van der Waals surface area contributed by atoms with Gasteiger partial charge in [0.15, 0.2) is 0 Å². The summed E-state index contributed by atoms with van der Waals surface area (Å²) in [5.41, 5.74) is 13.4. The molecule has 0 saturated carbocycles. The van der Waals surface area contributed by atoms with Gasteiger partial charge in [0.2, 0.25) is 0 Å². The number of aromatic nitrogens is 4. The van der Waals surface area contributed by atoms with Gasteiger partial charge in [0.05, 0.1) is 28.3 Å². The van der Waals surface area contributed by atoms with Crippen LogP contribution in [0.3, 0.4) is 0 Å². The molecule has 0 aliphatic heterocycles. The van der Waals surface area contributed by atoms with E-state index in [4.69, 9.17) is 13.5 Å². The van der Waals surface area contributed by atoms with Gasteiger partial charge >= 0.3 is 0 Å². The first-order valence-corrected chi connectivity index (χ1v) is 24.1. The predicted molar refractivity (Wildman–Crippen MR) is 290 cm³/mol. The van der Waals surface area contributed by atoms with Gasteiger partial charge in [-0.2, -0.15) is 0 Å². The smallest absolute Gasteiger partial charge is 0.121 e. The molecule has 0 amide bonds. The third kappa shape index (κ3) is 9.00. The van der Waals surface area contributed by atoms with Crippen LogP contribution < -0.4 is 0 Å². The molecular formula is C64H60IrN4O-2. The zero-order valence-corrected chi connectivity index (χ0v) is 44.0. The molecule has 0 bridgehead atoms. The van der Waals surface area contributed by atoms with Gasteiger partial charge in [0.1, 0.15) is 5.58 Å². The molecule has 6 heteroatoms. The molecule has 8 aromatic carbocycles. The van der Waals surface area contributed by atoms with Crippen LogP contribution in [0.4, 0.5) is 0 Å². The molecule has 0 aliphatic carbocycles. The second kappa shape index (κ2) is 18.9. The number of aryl methyl sites for hydroxylation is 1. The van der Waals surface area contributed by atoms with E-state index in [0.717, 1.165) is 49.9 Å². The molecule has 3 aromatic heterocycles. The molecule has 3 heterocycles. The molecule has 11 rings (SSSR count). The van der Waals surface area contributed by atoms with E-state index in [1.54, 1.807) is 6.07 Å². The van der Waals surface area contributed by atoms with E-state index in [2.05, 4.69) is 190 Å². The molecule has 353 valence electrons. The molecule has 0 spiro atoms. The van der Waals surface area contributed by atoms with Gasteiger partial charge < -0.3 is 8.98 Å². The molecule has 0 atom stereocenters. The number of para-hydroxylation sites is 2. The molecule has 0 saturated heterocycles. The summed E-state index contributed by atoms with van der Waals surface area (Å²) in [6.45, 7) is 19.6. The fourth-order valence-electron chi connectivity index (χ4n) is 9.59. The maximum absolute atomic E-state index is 7.61. The molecule has 0 unspecified atom stereocenters. The Hall–Kier alpha value is -6.72. The molecule has 0 N–H and O–H groups in total. The van der Waals surface area contributed by atoms with Crippen LogP contribution in [0.25, 0.3) is 94.1 Å². The van der Waals surface area contributed by atoms with Gasteiger partial charge in [-0.1, -0.05) is 153 Å². The van der Waals surface area contributed by atoms with E-state index in [1.165, 1.54) is 61.2 Å². The van der Waals surface area contributed by atoms with E-state index in [9.17, 15) is 0 Å². The summed E-state index contributed by atoms with van der Waals surface area (Å²) in [7, 11) is 0. The van der Waals surface area contributed by atoms with Crippen LogP contribution in [0.5, 0.6) is 0 Å². The number of imidazole rings is 1. The molecule has 70 heavy (non-hydrogen) atoms. The summed E-state index contributed by atoms with van der Waals surface area (Å²) in [6, 6.07) is 58.1. The Kier molecular flexibility index (Phi) is 12.0. The molecule has 1 radical (unpaired) electrons. The SMILES string of the molecule is CC(C)c1cc(-c2ccc(C(C)(C)C)cc2)cc(C(C)C)c1-n1c(-c2[c-]ccc3c2oc2cc4c(ccc5ccccc54)cc23)nc2ccccc21.[2H]C([2H])([2H])c1cnc(-c2[c-]cccc2)nc1C(C)(C)C.[Ir]. The first-order chi connectivity index (χ1) is 34.3. The number of hydrogen-bond acceptors (Lipinski definition) is 4. The van der Waals surface area contributed by atoms with E-state index in [1.807, 2.05) is 45.0 Å². The van der Waals surface area contributed by atoms with Crippen molar-refractivity contribution in [2.75, 3.05) is 0 Å². The molecule has 0 fully saturated rings. The maximum Gasteiger partial charge on any atom is 0.121 e. The average molecular weight is 1100 g/mol. The minimum atomic E-state index is -2.21. The minimum Gasteiger partial charge on any atom is -0.501 e. The van der Waals surface area contributed by atoms with Crippen molar-refractivity contribution in [2.24, 2.45) is 0 Å². The summed E-state index contributed by atoms with van der Waals surface area (Å²) >= 11 is 0. The standard InChI is InChI=1S/C49H43N2O.C15H17N2.Ir/c1-29(2)39-26-34(31-21-23-35(24-22-31)49(5,6)7)27-40(30(3)4)46(39)51-44-18-11-10-17-43(44)50-48(51)38-16-12-15-37-42-25-33-20-19-32-13-8-9-14-36(32)41(33)28-45(42)52-47(37)38;1-11-10-16-14(12-8-6-5-7-9-12)17-13(11)15(2,3)4;/h8-15,17-30H,1-7H3;5-8,10H,1-4H3;/q2*-1;/i;1D3;. The fourth-order valence-corrected chi connectivity index (χ4v) is 9.59. The van der Waals surface area contributed by atoms with Crippen molar-refractivity contribution in [3.05, 3.63) is 192 Å². The van der Waals surface area contributed by atoms with Crippen molar-refractivity contribution < 1.29 is 28.6 Å². The number of hydrogen-bond donors (Lipinski definition) is 0. The Morgan fingerprint density at radius 1 is 0.614 bits per heavy atom.